The van der Waals surface area contributed by atoms with Crippen LogP contribution in [0.25, 0.3) is 10.9 Å². The first-order chi connectivity index (χ1) is 19.3. The molecule has 0 spiro atoms. The Morgan fingerprint density at radius 1 is 0.975 bits per heavy atom. The standard InChI is InChI=1S/C30H29N5O4S/c1-32-25-9-4-3-8-24(25)30(37)33-17-15-23-22-7-2-5-10-26(22)34(28(23)29(32)33)19-27(36)31-20-11-13-21(14-12-20)35-16-6-18-40(35,38)39/h2-5,7-14,29H,6,15-19H2,1H3,(H,31,36). The highest BCUT2D eigenvalue weighted by Gasteiger charge is 2.42. The van der Waals surface area contributed by atoms with Crippen LogP contribution in [-0.2, 0) is 27.8 Å². The number of hydrogen-bond donors (Lipinski definition) is 1. The van der Waals surface area contributed by atoms with Gasteiger partial charge in [0.05, 0.1) is 28.4 Å². The van der Waals surface area contributed by atoms with Crippen LogP contribution >= 0.6 is 0 Å². The van der Waals surface area contributed by atoms with Crippen LogP contribution in [0, 0.1) is 0 Å². The number of hydrogen-bond acceptors (Lipinski definition) is 5. The molecule has 3 aromatic carbocycles. The van der Waals surface area contributed by atoms with Crippen molar-refractivity contribution in [2.45, 2.75) is 25.6 Å². The lowest BCUT2D eigenvalue weighted by molar-refractivity contribution is -0.116. The van der Waals surface area contributed by atoms with E-state index in [1.165, 1.54) is 9.87 Å². The molecule has 1 aromatic heterocycles. The lowest BCUT2D eigenvalue weighted by Crippen LogP contribution is -2.51. The second kappa shape index (κ2) is 9.12. The van der Waals surface area contributed by atoms with Crippen LogP contribution in [0.4, 0.5) is 17.1 Å². The zero-order valence-corrected chi connectivity index (χ0v) is 22.9. The number of anilines is 3. The SMILES string of the molecule is CN1c2ccccc2C(=O)N2CCc3c(n(CC(=O)Nc4ccc(N5CCCS5(=O)=O)cc4)c4ccccc34)C21. The lowest BCUT2D eigenvalue weighted by Gasteiger charge is -2.46. The maximum Gasteiger partial charge on any atom is 0.257 e. The summed E-state index contributed by atoms with van der Waals surface area (Å²) in [5.41, 5.74) is 5.85. The summed E-state index contributed by atoms with van der Waals surface area (Å²) in [6.45, 7) is 1.15. The van der Waals surface area contributed by atoms with E-state index in [9.17, 15) is 18.0 Å². The van der Waals surface area contributed by atoms with Crippen molar-refractivity contribution in [2.75, 3.05) is 40.4 Å². The molecule has 1 atom stereocenters. The van der Waals surface area contributed by atoms with E-state index in [1.807, 2.05) is 59.0 Å². The van der Waals surface area contributed by atoms with Gasteiger partial charge in [0, 0.05) is 36.7 Å². The van der Waals surface area contributed by atoms with Crippen LogP contribution < -0.4 is 14.5 Å². The normalized spacial score (nSPS) is 19.4. The number of amides is 2. The second-order valence-electron chi connectivity index (χ2n) is 10.6. The lowest BCUT2D eigenvalue weighted by atomic mass is 9.96. The number of carbonyl (C=O) groups excluding carboxylic acids is 2. The summed E-state index contributed by atoms with van der Waals surface area (Å²) in [6, 6.07) is 22.7. The zero-order chi connectivity index (χ0) is 27.6. The number of para-hydroxylation sites is 2. The molecule has 1 fully saturated rings. The first kappa shape index (κ1) is 24.7. The monoisotopic (exact) mass is 555 g/mol. The van der Waals surface area contributed by atoms with Crippen LogP contribution in [0.1, 0.15) is 34.2 Å². The number of rotatable bonds is 4. The highest BCUT2D eigenvalue weighted by atomic mass is 32.2. The Morgan fingerprint density at radius 3 is 2.50 bits per heavy atom. The summed E-state index contributed by atoms with van der Waals surface area (Å²) in [5, 5.41) is 4.07. The van der Waals surface area contributed by atoms with Gasteiger partial charge >= 0.3 is 0 Å². The molecule has 2 amide bonds. The smallest absolute Gasteiger partial charge is 0.257 e. The molecule has 204 valence electrons. The molecule has 10 heteroatoms. The average Bonchev–Trinajstić information content (AvgIpc) is 3.48. The molecule has 0 saturated carbocycles. The van der Waals surface area contributed by atoms with Gasteiger partial charge in [-0.1, -0.05) is 30.3 Å². The molecule has 1 unspecified atom stereocenters. The summed E-state index contributed by atoms with van der Waals surface area (Å²) in [4.78, 5) is 31.0. The van der Waals surface area contributed by atoms with E-state index in [4.69, 9.17) is 0 Å². The quantitative estimate of drug-likeness (QED) is 0.411. The molecule has 4 aromatic rings. The summed E-state index contributed by atoms with van der Waals surface area (Å²) in [7, 11) is -1.26. The number of nitrogens with zero attached hydrogens (tertiary/aromatic N) is 4. The fourth-order valence-electron chi connectivity index (χ4n) is 6.46. The average molecular weight is 556 g/mol. The molecule has 1 N–H and O–H groups in total. The first-order valence-electron chi connectivity index (χ1n) is 13.5. The summed E-state index contributed by atoms with van der Waals surface area (Å²) in [5.74, 6) is -0.0380. The van der Waals surface area contributed by atoms with E-state index in [0.29, 0.717) is 42.9 Å². The van der Waals surface area contributed by atoms with Gasteiger partial charge in [-0.2, -0.15) is 0 Å². The van der Waals surface area contributed by atoms with Crippen molar-refractivity contribution >= 4 is 49.8 Å². The van der Waals surface area contributed by atoms with E-state index < -0.39 is 10.0 Å². The van der Waals surface area contributed by atoms with Crippen LogP contribution in [-0.4, -0.2) is 55.6 Å². The molecule has 40 heavy (non-hydrogen) atoms. The topological polar surface area (TPSA) is 95.0 Å². The maximum absolute atomic E-state index is 13.5. The van der Waals surface area contributed by atoms with Gasteiger partial charge in [0.25, 0.3) is 5.91 Å². The third kappa shape index (κ3) is 3.77. The minimum absolute atomic E-state index is 0.00529. The van der Waals surface area contributed by atoms with Gasteiger partial charge in [0.15, 0.2) is 0 Å². The Hall–Kier alpha value is -4.31. The Morgan fingerprint density at radius 2 is 1.73 bits per heavy atom. The van der Waals surface area contributed by atoms with Gasteiger partial charge in [0.2, 0.25) is 15.9 Å². The summed E-state index contributed by atoms with van der Waals surface area (Å²) < 4.78 is 28.0. The van der Waals surface area contributed by atoms with Gasteiger partial charge in [0.1, 0.15) is 12.7 Å². The van der Waals surface area contributed by atoms with Crippen molar-refractivity contribution in [2.24, 2.45) is 0 Å². The van der Waals surface area contributed by atoms with Crippen LogP contribution in [0.15, 0.2) is 72.8 Å². The van der Waals surface area contributed by atoms with Gasteiger partial charge in [-0.05, 0) is 60.9 Å². The predicted molar refractivity (Wildman–Crippen MR) is 155 cm³/mol. The molecule has 3 aliphatic rings. The highest BCUT2D eigenvalue weighted by molar-refractivity contribution is 7.93. The highest BCUT2D eigenvalue weighted by Crippen LogP contribution is 2.44. The number of nitrogens with one attached hydrogen (secondary N) is 1. The van der Waals surface area contributed by atoms with Crippen molar-refractivity contribution in [1.82, 2.24) is 9.47 Å². The molecule has 0 bridgehead atoms. The largest absolute Gasteiger partial charge is 0.349 e. The summed E-state index contributed by atoms with van der Waals surface area (Å²) in [6.07, 6.45) is 0.998. The van der Waals surface area contributed by atoms with Gasteiger partial charge in [-0.3, -0.25) is 13.9 Å². The molecule has 9 nitrogen and oxygen atoms in total. The first-order valence-corrected chi connectivity index (χ1v) is 15.1. The molecular formula is C30H29N5O4S. The van der Waals surface area contributed by atoms with Crippen molar-refractivity contribution in [3.05, 3.63) is 89.6 Å². The third-order valence-corrected chi connectivity index (χ3v) is 10.1. The Labute approximate surface area is 232 Å². The number of aromatic nitrogens is 1. The number of carbonyl (C=O) groups is 2. The molecule has 0 aliphatic carbocycles. The Balaban J connectivity index is 1.22. The molecule has 0 radical (unpaired) electrons. The Bertz CT molecular complexity index is 1780. The van der Waals surface area contributed by atoms with Gasteiger partial charge in [-0.25, -0.2) is 8.42 Å². The minimum atomic E-state index is -3.27. The third-order valence-electron chi connectivity index (χ3n) is 8.24. The van der Waals surface area contributed by atoms with E-state index in [0.717, 1.165) is 22.3 Å². The minimum Gasteiger partial charge on any atom is -0.349 e. The van der Waals surface area contributed by atoms with E-state index >= 15 is 0 Å². The zero-order valence-electron chi connectivity index (χ0n) is 22.1. The van der Waals surface area contributed by atoms with E-state index in [-0.39, 0.29) is 30.3 Å². The van der Waals surface area contributed by atoms with Crippen LogP contribution in [0.3, 0.4) is 0 Å². The predicted octanol–water partition coefficient (Wildman–Crippen LogP) is 3.97. The van der Waals surface area contributed by atoms with Gasteiger partial charge < -0.3 is 19.7 Å². The number of sulfonamides is 1. The van der Waals surface area contributed by atoms with Crippen molar-refractivity contribution in [3.63, 3.8) is 0 Å². The number of fused-ring (bicyclic) bond motifs is 6. The van der Waals surface area contributed by atoms with Crippen molar-refractivity contribution in [3.8, 4) is 0 Å². The number of benzene rings is 3. The fraction of sp³-hybridized carbons (Fsp3) is 0.267. The molecular weight excluding hydrogens is 526 g/mol. The van der Waals surface area contributed by atoms with Crippen LogP contribution in [0.5, 0.6) is 0 Å². The van der Waals surface area contributed by atoms with Gasteiger partial charge in [-0.15, -0.1) is 0 Å². The van der Waals surface area contributed by atoms with Crippen molar-refractivity contribution < 1.29 is 18.0 Å². The maximum atomic E-state index is 13.5. The molecule has 3 aliphatic heterocycles. The van der Waals surface area contributed by atoms with E-state index in [2.05, 4.69) is 16.3 Å². The molecule has 1 saturated heterocycles. The second-order valence-corrected chi connectivity index (χ2v) is 12.6. The molecule has 7 rings (SSSR count). The Kier molecular flexibility index (Phi) is 5.64. The van der Waals surface area contributed by atoms with Crippen LogP contribution in [0.2, 0.25) is 0 Å². The summed E-state index contributed by atoms with van der Waals surface area (Å²) >= 11 is 0. The molecule has 4 heterocycles. The van der Waals surface area contributed by atoms with E-state index in [1.54, 1.807) is 24.3 Å². The van der Waals surface area contributed by atoms with Crippen molar-refractivity contribution in [1.29, 1.82) is 0 Å². The fourth-order valence-corrected chi connectivity index (χ4v) is 8.03.